The van der Waals surface area contributed by atoms with Crippen LogP contribution in [-0.4, -0.2) is 41.3 Å². The molecule has 5 heteroatoms. The highest BCUT2D eigenvalue weighted by molar-refractivity contribution is 5.78. The van der Waals surface area contributed by atoms with Gasteiger partial charge in [0.05, 0.1) is 12.7 Å². The molecule has 0 aromatic rings. The standard InChI is InChI=1S/C67H126O5/c1-3-5-7-9-11-13-15-17-31-36-40-44-48-52-56-60-67(71)72-61-57-53-49-45-41-37-33-30-28-26-24-22-20-18-19-21-23-25-27-29-32-35-38-42-46-50-54-58-65(69)62-64(63-68)66(70)59-55-51-47-43-39-34-16-14-12-10-8-6-4-2/h11,13,17,31,55,59,64,66,68,70H,3-10,12,14-16,18-30,32-54,56-58,60-63H2,1-2H3/b13-11-,31-17-,59-55+. The second-order valence-corrected chi connectivity index (χ2v) is 22.4. The van der Waals surface area contributed by atoms with Crippen LogP contribution < -0.4 is 0 Å². The largest absolute Gasteiger partial charge is 0.466 e. The van der Waals surface area contributed by atoms with Crippen LogP contribution in [0, 0.1) is 5.92 Å². The van der Waals surface area contributed by atoms with E-state index in [0.717, 1.165) is 51.4 Å². The minimum Gasteiger partial charge on any atom is -0.466 e. The Hall–Kier alpha value is -1.72. The van der Waals surface area contributed by atoms with Gasteiger partial charge >= 0.3 is 5.97 Å². The molecule has 2 unspecified atom stereocenters. The van der Waals surface area contributed by atoms with Crippen LogP contribution in [0.15, 0.2) is 36.5 Å². The fourth-order valence-corrected chi connectivity index (χ4v) is 10.2. The number of esters is 1. The number of aliphatic hydroxyl groups excluding tert-OH is 2. The number of rotatable bonds is 61. The monoisotopic (exact) mass is 1010 g/mol. The van der Waals surface area contributed by atoms with Gasteiger partial charge in [0.2, 0.25) is 0 Å². The number of ether oxygens (including phenoxy) is 1. The number of carbonyl (C=O) groups is 2. The summed E-state index contributed by atoms with van der Waals surface area (Å²) in [5, 5.41) is 20.4. The van der Waals surface area contributed by atoms with Crippen LogP contribution in [0.2, 0.25) is 0 Å². The van der Waals surface area contributed by atoms with Crippen molar-refractivity contribution < 1.29 is 24.5 Å². The van der Waals surface area contributed by atoms with Crippen molar-refractivity contribution in [3.8, 4) is 0 Å². The summed E-state index contributed by atoms with van der Waals surface area (Å²) in [5.74, 6) is -0.185. The van der Waals surface area contributed by atoms with Crippen molar-refractivity contribution in [2.24, 2.45) is 5.92 Å². The summed E-state index contributed by atoms with van der Waals surface area (Å²) in [6, 6.07) is 0. The van der Waals surface area contributed by atoms with Crippen molar-refractivity contribution in [3.05, 3.63) is 36.5 Å². The Balaban J connectivity index is 3.36. The maximum absolute atomic E-state index is 12.6. The molecule has 0 spiro atoms. The molecule has 0 aliphatic carbocycles. The van der Waals surface area contributed by atoms with Gasteiger partial charge in [-0.25, -0.2) is 0 Å². The maximum atomic E-state index is 12.6. The van der Waals surface area contributed by atoms with E-state index in [1.807, 2.05) is 12.2 Å². The summed E-state index contributed by atoms with van der Waals surface area (Å²) < 4.78 is 5.48. The van der Waals surface area contributed by atoms with E-state index in [-0.39, 0.29) is 30.7 Å². The van der Waals surface area contributed by atoms with Crippen LogP contribution >= 0.6 is 0 Å². The molecule has 0 amide bonds. The van der Waals surface area contributed by atoms with Crippen molar-refractivity contribution in [1.29, 1.82) is 0 Å². The van der Waals surface area contributed by atoms with E-state index in [1.165, 1.54) is 270 Å². The lowest BCUT2D eigenvalue weighted by Crippen LogP contribution is -2.24. The molecule has 0 aromatic heterocycles. The molecule has 0 bridgehead atoms. The van der Waals surface area contributed by atoms with Gasteiger partial charge in [-0.3, -0.25) is 9.59 Å². The topological polar surface area (TPSA) is 83.8 Å². The molecule has 0 saturated heterocycles. The predicted octanol–water partition coefficient (Wildman–Crippen LogP) is 21.5. The summed E-state index contributed by atoms with van der Waals surface area (Å²) in [5.41, 5.74) is 0. The molecule has 72 heavy (non-hydrogen) atoms. The average molecular weight is 1010 g/mol. The summed E-state index contributed by atoms with van der Waals surface area (Å²) >= 11 is 0. The average Bonchev–Trinajstić information content (AvgIpc) is 3.38. The van der Waals surface area contributed by atoms with E-state index < -0.39 is 6.10 Å². The predicted molar refractivity (Wildman–Crippen MR) is 316 cm³/mol. The van der Waals surface area contributed by atoms with Crippen LogP contribution in [0.25, 0.3) is 0 Å². The number of allylic oxidation sites excluding steroid dienone is 5. The highest BCUT2D eigenvalue weighted by Crippen LogP contribution is 2.19. The van der Waals surface area contributed by atoms with Crippen LogP contribution in [0.5, 0.6) is 0 Å². The van der Waals surface area contributed by atoms with Gasteiger partial charge in [-0.05, 0) is 64.2 Å². The highest BCUT2D eigenvalue weighted by Gasteiger charge is 2.19. The third kappa shape index (κ3) is 57.6. The van der Waals surface area contributed by atoms with Crippen LogP contribution in [-0.2, 0) is 14.3 Å². The van der Waals surface area contributed by atoms with Crippen LogP contribution in [0.3, 0.4) is 0 Å². The quantitative estimate of drug-likeness (QED) is 0.0360. The number of hydrogen-bond donors (Lipinski definition) is 2. The molecule has 0 radical (unpaired) electrons. The van der Waals surface area contributed by atoms with Crippen molar-refractivity contribution >= 4 is 11.8 Å². The van der Waals surface area contributed by atoms with Crippen LogP contribution in [0.1, 0.15) is 354 Å². The summed E-state index contributed by atoms with van der Waals surface area (Å²) in [6.45, 7) is 5.00. The Morgan fingerprint density at radius 2 is 0.681 bits per heavy atom. The van der Waals surface area contributed by atoms with Gasteiger partial charge in [-0.1, -0.05) is 307 Å². The van der Waals surface area contributed by atoms with Crippen molar-refractivity contribution in [2.45, 2.75) is 360 Å². The van der Waals surface area contributed by atoms with Gasteiger partial charge < -0.3 is 14.9 Å². The molecular weight excluding hydrogens is 885 g/mol. The normalized spacial score (nSPS) is 12.8. The Bertz CT molecular complexity index is 1160. The van der Waals surface area contributed by atoms with Crippen LogP contribution in [0.4, 0.5) is 0 Å². The second-order valence-electron chi connectivity index (χ2n) is 22.4. The van der Waals surface area contributed by atoms with E-state index >= 15 is 0 Å². The molecule has 0 heterocycles. The number of aliphatic hydroxyl groups is 2. The molecular formula is C67H126O5. The van der Waals surface area contributed by atoms with E-state index in [0.29, 0.717) is 19.4 Å². The van der Waals surface area contributed by atoms with Gasteiger partial charge in [0, 0.05) is 31.8 Å². The van der Waals surface area contributed by atoms with Crippen molar-refractivity contribution in [2.75, 3.05) is 13.2 Å². The molecule has 0 fully saturated rings. The van der Waals surface area contributed by atoms with E-state index in [1.54, 1.807) is 0 Å². The summed E-state index contributed by atoms with van der Waals surface area (Å²) in [6.07, 6.45) is 78.7. The zero-order chi connectivity index (χ0) is 52.2. The van der Waals surface area contributed by atoms with E-state index in [2.05, 4.69) is 38.2 Å². The molecule has 5 nitrogen and oxygen atoms in total. The lowest BCUT2D eigenvalue weighted by Gasteiger charge is -2.17. The Kier molecular flexibility index (Phi) is 60.3. The fourth-order valence-electron chi connectivity index (χ4n) is 10.2. The molecule has 424 valence electrons. The highest BCUT2D eigenvalue weighted by atomic mass is 16.5. The first-order chi connectivity index (χ1) is 35.5. The first-order valence-electron chi connectivity index (χ1n) is 32.5. The van der Waals surface area contributed by atoms with Crippen molar-refractivity contribution in [1.82, 2.24) is 0 Å². The third-order valence-corrected chi connectivity index (χ3v) is 15.2. The minimum atomic E-state index is -0.731. The molecule has 0 aromatic carbocycles. The molecule has 0 rings (SSSR count). The number of carbonyl (C=O) groups excluding carboxylic acids is 2. The Morgan fingerprint density at radius 1 is 0.375 bits per heavy atom. The summed E-state index contributed by atoms with van der Waals surface area (Å²) in [4.78, 5) is 24.6. The molecule has 0 saturated carbocycles. The maximum Gasteiger partial charge on any atom is 0.305 e. The Labute approximate surface area is 450 Å². The fraction of sp³-hybridized carbons (Fsp3) is 0.881. The molecule has 2 N–H and O–H groups in total. The lowest BCUT2D eigenvalue weighted by molar-refractivity contribution is -0.143. The van der Waals surface area contributed by atoms with Gasteiger partial charge in [-0.2, -0.15) is 0 Å². The molecule has 2 atom stereocenters. The SMILES string of the molecule is CCCCC/C=C\C/C=C\CCCCCCCC(=O)OCCCCCCCCCCCCCCCCCCCCCCCCCCCCCC(=O)CC(CO)C(O)/C=C/CCCCCCCCCCCCC. The van der Waals surface area contributed by atoms with Gasteiger partial charge in [0.25, 0.3) is 0 Å². The summed E-state index contributed by atoms with van der Waals surface area (Å²) in [7, 11) is 0. The molecule has 0 aliphatic rings. The zero-order valence-electron chi connectivity index (χ0n) is 48.6. The number of Topliss-reactive ketones (excluding diaryl/α,β-unsaturated/α-hetero) is 1. The van der Waals surface area contributed by atoms with E-state index in [4.69, 9.17) is 4.74 Å². The minimum absolute atomic E-state index is 0.00458. The number of hydrogen-bond acceptors (Lipinski definition) is 5. The number of ketones is 1. The van der Waals surface area contributed by atoms with Gasteiger partial charge in [-0.15, -0.1) is 0 Å². The zero-order valence-corrected chi connectivity index (χ0v) is 48.6. The smallest absolute Gasteiger partial charge is 0.305 e. The second kappa shape index (κ2) is 61.8. The lowest BCUT2D eigenvalue weighted by atomic mass is 9.94. The van der Waals surface area contributed by atoms with E-state index in [9.17, 15) is 19.8 Å². The number of unbranched alkanes of at least 4 members (excludes halogenated alkanes) is 45. The third-order valence-electron chi connectivity index (χ3n) is 15.2. The Morgan fingerprint density at radius 3 is 1.07 bits per heavy atom. The molecule has 0 aliphatic heterocycles. The first kappa shape index (κ1) is 70.3. The van der Waals surface area contributed by atoms with Gasteiger partial charge in [0.15, 0.2) is 0 Å². The first-order valence-corrected chi connectivity index (χ1v) is 32.5. The van der Waals surface area contributed by atoms with Gasteiger partial charge in [0.1, 0.15) is 5.78 Å². The van der Waals surface area contributed by atoms with Crippen molar-refractivity contribution in [3.63, 3.8) is 0 Å².